The predicted molar refractivity (Wildman–Crippen MR) is 49.5 cm³/mol. The second-order valence-electron chi connectivity index (χ2n) is 3.32. The first-order chi connectivity index (χ1) is 6.45. The summed E-state index contributed by atoms with van der Waals surface area (Å²) in [5, 5.41) is 7.01. The van der Waals surface area contributed by atoms with Crippen LogP contribution in [0.15, 0.2) is 16.8 Å². The lowest BCUT2D eigenvalue weighted by Gasteiger charge is -2.26. The Hall–Kier alpha value is -0.870. The third kappa shape index (κ3) is 2.54. The van der Waals surface area contributed by atoms with Gasteiger partial charge in [0, 0.05) is 45.2 Å². The van der Waals surface area contributed by atoms with Gasteiger partial charge in [0.2, 0.25) is 0 Å². The zero-order chi connectivity index (χ0) is 8.93. The SMILES string of the molecule is c1cc(CCN2CCNCC2)on1. The molecule has 0 saturated carbocycles. The molecule has 1 aromatic rings. The zero-order valence-electron chi connectivity index (χ0n) is 7.70. The Morgan fingerprint density at radius 1 is 1.46 bits per heavy atom. The van der Waals surface area contributed by atoms with Crippen molar-refractivity contribution >= 4 is 0 Å². The van der Waals surface area contributed by atoms with Crippen molar-refractivity contribution in [2.45, 2.75) is 6.42 Å². The molecule has 4 heteroatoms. The summed E-state index contributed by atoms with van der Waals surface area (Å²) in [4.78, 5) is 2.44. The first-order valence-corrected chi connectivity index (χ1v) is 4.78. The van der Waals surface area contributed by atoms with E-state index in [9.17, 15) is 0 Å². The van der Waals surface area contributed by atoms with Crippen LogP contribution in [0, 0.1) is 0 Å². The number of rotatable bonds is 3. The summed E-state index contributed by atoms with van der Waals surface area (Å²) in [6.07, 6.45) is 2.67. The molecule has 1 fully saturated rings. The summed E-state index contributed by atoms with van der Waals surface area (Å²) in [7, 11) is 0. The van der Waals surface area contributed by atoms with E-state index in [2.05, 4.69) is 15.4 Å². The van der Waals surface area contributed by atoms with Crippen LogP contribution in [0.25, 0.3) is 0 Å². The maximum absolute atomic E-state index is 5.03. The molecule has 1 aliphatic rings. The lowest BCUT2D eigenvalue weighted by molar-refractivity contribution is 0.235. The smallest absolute Gasteiger partial charge is 0.137 e. The molecule has 1 saturated heterocycles. The van der Waals surface area contributed by atoms with Crippen molar-refractivity contribution in [1.82, 2.24) is 15.4 Å². The van der Waals surface area contributed by atoms with E-state index in [0.717, 1.165) is 44.9 Å². The van der Waals surface area contributed by atoms with Gasteiger partial charge in [-0.3, -0.25) is 0 Å². The van der Waals surface area contributed by atoms with Crippen LogP contribution in [0.2, 0.25) is 0 Å². The van der Waals surface area contributed by atoms with Crippen molar-refractivity contribution in [2.24, 2.45) is 0 Å². The predicted octanol–water partition coefficient (Wildman–Crippen LogP) is 0.122. The number of piperazine rings is 1. The van der Waals surface area contributed by atoms with Gasteiger partial charge in [-0.15, -0.1) is 0 Å². The quantitative estimate of drug-likeness (QED) is 0.719. The van der Waals surface area contributed by atoms with Crippen molar-refractivity contribution in [3.8, 4) is 0 Å². The zero-order valence-corrected chi connectivity index (χ0v) is 7.70. The molecule has 13 heavy (non-hydrogen) atoms. The molecule has 0 spiro atoms. The Kier molecular flexibility index (Phi) is 2.94. The van der Waals surface area contributed by atoms with Crippen molar-refractivity contribution in [2.75, 3.05) is 32.7 Å². The molecule has 1 N–H and O–H groups in total. The van der Waals surface area contributed by atoms with Gasteiger partial charge >= 0.3 is 0 Å². The van der Waals surface area contributed by atoms with Crippen molar-refractivity contribution in [3.05, 3.63) is 18.0 Å². The Balaban J connectivity index is 1.72. The van der Waals surface area contributed by atoms with E-state index in [1.165, 1.54) is 0 Å². The van der Waals surface area contributed by atoms with Crippen LogP contribution in [0.3, 0.4) is 0 Å². The van der Waals surface area contributed by atoms with E-state index in [-0.39, 0.29) is 0 Å². The minimum Gasteiger partial charge on any atom is -0.361 e. The molecular formula is C9H15N3O. The van der Waals surface area contributed by atoms with Gasteiger partial charge in [-0.2, -0.15) is 0 Å². The highest BCUT2D eigenvalue weighted by Gasteiger charge is 2.09. The van der Waals surface area contributed by atoms with Crippen LogP contribution >= 0.6 is 0 Å². The number of hydrogen-bond donors (Lipinski definition) is 1. The molecule has 1 aromatic heterocycles. The molecule has 2 rings (SSSR count). The second-order valence-corrected chi connectivity index (χ2v) is 3.32. The molecule has 4 nitrogen and oxygen atoms in total. The number of hydrogen-bond acceptors (Lipinski definition) is 4. The second kappa shape index (κ2) is 4.39. The highest BCUT2D eigenvalue weighted by molar-refractivity contribution is 4.93. The lowest BCUT2D eigenvalue weighted by atomic mass is 10.3. The average Bonchev–Trinajstić information content (AvgIpc) is 2.69. The molecule has 0 radical (unpaired) electrons. The molecule has 1 aliphatic heterocycles. The third-order valence-electron chi connectivity index (χ3n) is 2.38. The summed E-state index contributed by atoms with van der Waals surface area (Å²) in [5.74, 6) is 0.985. The van der Waals surface area contributed by atoms with E-state index < -0.39 is 0 Å². The molecule has 0 aromatic carbocycles. The van der Waals surface area contributed by atoms with E-state index in [0.29, 0.717) is 0 Å². The molecule has 2 heterocycles. The van der Waals surface area contributed by atoms with E-state index in [1.54, 1.807) is 6.20 Å². The summed E-state index contributed by atoms with van der Waals surface area (Å²) >= 11 is 0. The largest absolute Gasteiger partial charge is 0.361 e. The van der Waals surface area contributed by atoms with Gasteiger partial charge in [0.1, 0.15) is 5.76 Å². The molecule has 72 valence electrons. The van der Waals surface area contributed by atoms with Crippen LogP contribution < -0.4 is 5.32 Å². The summed E-state index contributed by atoms with van der Waals surface area (Å²) in [5.41, 5.74) is 0. The van der Waals surface area contributed by atoms with Crippen molar-refractivity contribution < 1.29 is 4.52 Å². The minimum absolute atomic E-state index is 0.972. The maximum Gasteiger partial charge on any atom is 0.137 e. The van der Waals surface area contributed by atoms with Gasteiger partial charge in [-0.25, -0.2) is 0 Å². The van der Waals surface area contributed by atoms with Gasteiger partial charge < -0.3 is 14.7 Å². The van der Waals surface area contributed by atoms with Crippen LogP contribution in [0.4, 0.5) is 0 Å². The normalized spacial score (nSPS) is 19.1. The van der Waals surface area contributed by atoms with Crippen molar-refractivity contribution in [3.63, 3.8) is 0 Å². The fourth-order valence-corrected chi connectivity index (χ4v) is 1.57. The molecule has 0 atom stereocenters. The fourth-order valence-electron chi connectivity index (χ4n) is 1.57. The first kappa shape index (κ1) is 8.72. The molecule has 0 unspecified atom stereocenters. The maximum atomic E-state index is 5.03. The monoisotopic (exact) mass is 181 g/mol. The Labute approximate surface area is 77.9 Å². The number of nitrogens with zero attached hydrogens (tertiary/aromatic N) is 2. The number of nitrogens with one attached hydrogen (secondary N) is 1. The van der Waals surface area contributed by atoms with Gasteiger partial charge in [-0.1, -0.05) is 5.16 Å². The summed E-state index contributed by atoms with van der Waals surface area (Å²) in [6, 6.07) is 1.93. The number of aromatic nitrogens is 1. The van der Waals surface area contributed by atoms with Crippen molar-refractivity contribution in [1.29, 1.82) is 0 Å². The fraction of sp³-hybridized carbons (Fsp3) is 0.667. The Morgan fingerprint density at radius 3 is 3.00 bits per heavy atom. The van der Waals surface area contributed by atoms with Gasteiger partial charge in [0.15, 0.2) is 0 Å². The standard InChI is InChI=1S/C9H15N3O/c1-3-11-13-9(1)2-6-12-7-4-10-5-8-12/h1,3,10H,2,4-8H2. The molecule has 0 amide bonds. The van der Waals surface area contributed by atoms with Gasteiger partial charge in [-0.05, 0) is 0 Å². The Morgan fingerprint density at radius 2 is 2.31 bits per heavy atom. The Bertz CT molecular complexity index is 229. The minimum atomic E-state index is 0.972. The van der Waals surface area contributed by atoms with Gasteiger partial charge in [0.25, 0.3) is 0 Å². The van der Waals surface area contributed by atoms with E-state index in [1.807, 2.05) is 6.07 Å². The highest BCUT2D eigenvalue weighted by atomic mass is 16.5. The topological polar surface area (TPSA) is 41.3 Å². The highest BCUT2D eigenvalue weighted by Crippen LogP contribution is 2.00. The molecule has 0 bridgehead atoms. The molecule has 0 aliphatic carbocycles. The van der Waals surface area contributed by atoms with Crippen LogP contribution in [0.5, 0.6) is 0 Å². The third-order valence-corrected chi connectivity index (χ3v) is 2.38. The summed E-state index contributed by atoms with van der Waals surface area (Å²) in [6.45, 7) is 5.59. The van der Waals surface area contributed by atoms with E-state index >= 15 is 0 Å². The first-order valence-electron chi connectivity index (χ1n) is 4.78. The van der Waals surface area contributed by atoms with Crippen LogP contribution in [0.1, 0.15) is 5.76 Å². The molecular weight excluding hydrogens is 166 g/mol. The average molecular weight is 181 g/mol. The summed E-state index contributed by atoms with van der Waals surface area (Å²) < 4.78 is 5.03. The van der Waals surface area contributed by atoms with Gasteiger partial charge in [0.05, 0.1) is 6.20 Å². The van der Waals surface area contributed by atoms with Crippen LogP contribution in [-0.2, 0) is 6.42 Å². The van der Waals surface area contributed by atoms with E-state index in [4.69, 9.17) is 4.52 Å². The lowest BCUT2D eigenvalue weighted by Crippen LogP contribution is -2.44. The van der Waals surface area contributed by atoms with Crippen LogP contribution in [-0.4, -0.2) is 42.8 Å².